The summed E-state index contributed by atoms with van der Waals surface area (Å²) < 4.78 is 21.4. The SMILES string of the molecule is CNCc1nnc(-c2cc(OC)c(OC)cc2OC)o1. The van der Waals surface area contributed by atoms with Crippen LogP contribution < -0.4 is 19.5 Å². The third kappa shape index (κ3) is 2.67. The van der Waals surface area contributed by atoms with E-state index in [0.717, 1.165) is 0 Å². The van der Waals surface area contributed by atoms with E-state index in [2.05, 4.69) is 15.5 Å². The molecule has 2 rings (SSSR count). The van der Waals surface area contributed by atoms with Gasteiger partial charge >= 0.3 is 0 Å². The minimum Gasteiger partial charge on any atom is -0.496 e. The van der Waals surface area contributed by atoms with Crippen molar-refractivity contribution in [3.05, 3.63) is 18.0 Å². The van der Waals surface area contributed by atoms with Crippen LogP contribution in [0.15, 0.2) is 16.5 Å². The Balaban J connectivity index is 2.47. The van der Waals surface area contributed by atoms with E-state index in [-0.39, 0.29) is 0 Å². The highest BCUT2D eigenvalue weighted by Crippen LogP contribution is 2.39. The Kier molecular flexibility index (Phi) is 4.41. The van der Waals surface area contributed by atoms with Crippen LogP contribution in [0.2, 0.25) is 0 Å². The van der Waals surface area contributed by atoms with Crippen molar-refractivity contribution < 1.29 is 18.6 Å². The van der Waals surface area contributed by atoms with Gasteiger partial charge in [0, 0.05) is 12.1 Å². The van der Waals surface area contributed by atoms with E-state index in [1.165, 1.54) is 0 Å². The van der Waals surface area contributed by atoms with Crippen molar-refractivity contribution in [2.75, 3.05) is 28.4 Å². The standard InChI is InChI=1S/C13H17N3O4/c1-14-7-12-15-16-13(20-12)8-5-10(18-3)11(19-4)6-9(8)17-2/h5-6,14H,7H2,1-4H3. The van der Waals surface area contributed by atoms with Gasteiger partial charge in [0.1, 0.15) is 5.75 Å². The molecule has 0 amide bonds. The molecule has 1 aromatic carbocycles. The number of nitrogens with one attached hydrogen (secondary N) is 1. The van der Waals surface area contributed by atoms with Gasteiger partial charge in [-0.2, -0.15) is 0 Å². The van der Waals surface area contributed by atoms with E-state index in [1.54, 1.807) is 40.5 Å². The van der Waals surface area contributed by atoms with Crippen LogP contribution in [0, 0.1) is 0 Å². The van der Waals surface area contributed by atoms with Crippen molar-refractivity contribution in [2.45, 2.75) is 6.54 Å². The maximum absolute atomic E-state index is 5.56. The van der Waals surface area contributed by atoms with E-state index < -0.39 is 0 Å². The van der Waals surface area contributed by atoms with Gasteiger partial charge in [0.2, 0.25) is 5.89 Å². The first-order chi connectivity index (χ1) is 9.73. The molecule has 2 aromatic rings. The third-order valence-corrected chi connectivity index (χ3v) is 2.73. The van der Waals surface area contributed by atoms with Crippen LogP contribution in [-0.4, -0.2) is 38.6 Å². The molecule has 0 aliphatic heterocycles. The van der Waals surface area contributed by atoms with Crippen LogP contribution in [-0.2, 0) is 6.54 Å². The van der Waals surface area contributed by atoms with E-state index in [4.69, 9.17) is 18.6 Å². The normalized spacial score (nSPS) is 10.4. The minimum absolute atomic E-state index is 0.369. The van der Waals surface area contributed by atoms with Gasteiger partial charge < -0.3 is 23.9 Å². The van der Waals surface area contributed by atoms with Gasteiger partial charge in [0.15, 0.2) is 11.5 Å². The van der Waals surface area contributed by atoms with Crippen molar-refractivity contribution in [3.63, 3.8) is 0 Å². The van der Waals surface area contributed by atoms with E-state index in [9.17, 15) is 0 Å². The first-order valence-electron chi connectivity index (χ1n) is 6.00. The summed E-state index contributed by atoms with van der Waals surface area (Å²) in [7, 11) is 6.50. The number of benzene rings is 1. The molecular formula is C13H17N3O4. The summed E-state index contributed by atoms with van der Waals surface area (Å²) in [5.41, 5.74) is 0.653. The highest BCUT2D eigenvalue weighted by atomic mass is 16.5. The van der Waals surface area contributed by atoms with Crippen molar-refractivity contribution in [2.24, 2.45) is 0 Å². The zero-order chi connectivity index (χ0) is 14.5. The lowest BCUT2D eigenvalue weighted by atomic mass is 10.1. The quantitative estimate of drug-likeness (QED) is 0.858. The van der Waals surface area contributed by atoms with Crippen LogP contribution in [0.1, 0.15) is 5.89 Å². The Morgan fingerprint density at radius 2 is 1.65 bits per heavy atom. The lowest BCUT2D eigenvalue weighted by molar-refractivity contribution is 0.349. The Morgan fingerprint density at radius 1 is 1.00 bits per heavy atom. The second-order valence-corrected chi connectivity index (χ2v) is 3.94. The fourth-order valence-corrected chi connectivity index (χ4v) is 1.78. The number of hydrogen-bond donors (Lipinski definition) is 1. The predicted octanol–water partition coefficient (Wildman–Crippen LogP) is 1.48. The third-order valence-electron chi connectivity index (χ3n) is 2.73. The van der Waals surface area contributed by atoms with Crippen LogP contribution in [0.25, 0.3) is 11.5 Å². The Labute approximate surface area is 116 Å². The molecule has 0 fully saturated rings. The van der Waals surface area contributed by atoms with E-state index in [1.807, 2.05) is 0 Å². The monoisotopic (exact) mass is 279 g/mol. The lowest BCUT2D eigenvalue weighted by Crippen LogP contribution is -2.04. The van der Waals surface area contributed by atoms with Crippen molar-refractivity contribution in [1.82, 2.24) is 15.5 Å². The minimum atomic E-state index is 0.369. The number of aromatic nitrogens is 2. The molecule has 0 aliphatic carbocycles. The molecule has 1 aromatic heterocycles. The van der Waals surface area contributed by atoms with Crippen molar-refractivity contribution in [1.29, 1.82) is 0 Å². The van der Waals surface area contributed by atoms with Gasteiger partial charge in [0.25, 0.3) is 5.89 Å². The number of hydrogen-bond acceptors (Lipinski definition) is 7. The zero-order valence-corrected chi connectivity index (χ0v) is 11.9. The maximum atomic E-state index is 5.56. The molecule has 0 saturated heterocycles. The maximum Gasteiger partial charge on any atom is 0.251 e. The number of nitrogens with zero attached hydrogens (tertiary/aromatic N) is 2. The first-order valence-corrected chi connectivity index (χ1v) is 6.00. The van der Waals surface area contributed by atoms with E-state index >= 15 is 0 Å². The summed E-state index contributed by atoms with van der Waals surface area (Å²) in [5, 5.41) is 10.9. The molecule has 0 aliphatic rings. The van der Waals surface area contributed by atoms with Crippen LogP contribution in [0.3, 0.4) is 0 Å². The summed E-state index contributed by atoms with van der Waals surface area (Å²) >= 11 is 0. The molecular weight excluding hydrogens is 262 g/mol. The Bertz CT molecular complexity index is 583. The van der Waals surface area contributed by atoms with Crippen LogP contribution in [0.5, 0.6) is 17.2 Å². The van der Waals surface area contributed by atoms with Crippen LogP contribution in [0.4, 0.5) is 0 Å². The summed E-state index contributed by atoms with van der Waals surface area (Å²) in [6.07, 6.45) is 0. The van der Waals surface area contributed by atoms with Gasteiger partial charge in [-0.15, -0.1) is 10.2 Å². The summed E-state index contributed by atoms with van der Waals surface area (Å²) in [5.74, 6) is 2.58. The fourth-order valence-electron chi connectivity index (χ4n) is 1.78. The average Bonchev–Trinajstić information content (AvgIpc) is 2.94. The largest absolute Gasteiger partial charge is 0.496 e. The molecule has 0 saturated carbocycles. The summed E-state index contributed by atoms with van der Waals surface area (Å²) in [6, 6.07) is 3.46. The average molecular weight is 279 g/mol. The summed E-state index contributed by atoms with van der Waals surface area (Å²) in [4.78, 5) is 0. The second-order valence-electron chi connectivity index (χ2n) is 3.94. The zero-order valence-electron chi connectivity index (χ0n) is 11.9. The first kappa shape index (κ1) is 14.1. The molecule has 7 nitrogen and oxygen atoms in total. The smallest absolute Gasteiger partial charge is 0.251 e. The number of rotatable bonds is 6. The molecule has 20 heavy (non-hydrogen) atoms. The Hall–Kier alpha value is -2.28. The molecule has 0 spiro atoms. The molecule has 7 heteroatoms. The number of ether oxygens (including phenoxy) is 3. The molecule has 1 N–H and O–H groups in total. The van der Waals surface area contributed by atoms with Gasteiger partial charge in [-0.05, 0) is 7.05 Å². The molecule has 0 unspecified atom stereocenters. The Morgan fingerprint density at radius 3 is 2.25 bits per heavy atom. The topological polar surface area (TPSA) is 78.6 Å². The highest BCUT2D eigenvalue weighted by molar-refractivity contribution is 5.68. The molecule has 0 bridgehead atoms. The number of methoxy groups -OCH3 is 3. The predicted molar refractivity (Wildman–Crippen MR) is 72.2 cm³/mol. The van der Waals surface area contributed by atoms with Crippen molar-refractivity contribution >= 4 is 0 Å². The van der Waals surface area contributed by atoms with Crippen LogP contribution >= 0.6 is 0 Å². The van der Waals surface area contributed by atoms with Gasteiger partial charge in [-0.3, -0.25) is 0 Å². The second kappa shape index (κ2) is 6.25. The van der Waals surface area contributed by atoms with Gasteiger partial charge in [-0.1, -0.05) is 0 Å². The lowest BCUT2D eigenvalue weighted by Gasteiger charge is -2.11. The molecule has 0 atom stereocenters. The molecule has 108 valence electrons. The highest BCUT2D eigenvalue weighted by Gasteiger charge is 2.18. The summed E-state index contributed by atoms with van der Waals surface area (Å²) in [6.45, 7) is 0.503. The fraction of sp³-hybridized carbons (Fsp3) is 0.385. The van der Waals surface area contributed by atoms with Crippen molar-refractivity contribution in [3.8, 4) is 28.7 Å². The van der Waals surface area contributed by atoms with E-state index in [0.29, 0.717) is 41.1 Å². The molecule has 0 radical (unpaired) electrons. The van der Waals surface area contributed by atoms with Gasteiger partial charge in [0.05, 0.1) is 33.4 Å². The molecule has 1 heterocycles. The van der Waals surface area contributed by atoms with Gasteiger partial charge in [-0.25, -0.2) is 0 Å².